The van der Waals surface area contributed by atoms with Crippen LogP contribution >= 0.6 is 0 Å². The van der Waals surface area contributed by atoms with E-state index in [1.807, 2.05) is 39.0 Å². The Labute approximate surface area is 180 Å². The van der Waals surface area contributed by atoms with Crippen LogP contribution in [0.5, 0.6) is 0 Å². The van der Waals surface area contributed by atoms with E-state index in [0.29, 0.717) is 11.3 Å². The Morgan fingerprint density at radius 2 is 1.81 bits per heavy atom. The molecule has 1 fully saturated rings. The molecule has 8 nitrogen and oxygen atoms in total. The number of ether oxygens (including phenoxy) is 1. The molecule has 162 valence electrons. The smallest absolute Gasteiger partial charge is 0.311 e. The van der Waals surface area contributed by atoms with Crippen LogP contribution in [0.4, 0.5) is 5.69 Å². The van der Waals surface area contributed by atoms with Crippen LogP contribution in [-0.4, -0.2) is 41.9 Å². The number of nitrogens with one attached hydrogen (secondary N) is 2. The summed E-state index contributed by atoms with van der Waals surface area (Å²) in [6.07, 6.45) is -0.0916. The molecular weight excluding hydrogens is 398 g/mol. The Hall–Kier alpha value is -3.68. The molecule has 3 rings (SSSR count). The quantitative estimate of drug-likeness (QED) is 0.694. The van der Waals surface area contributed by atoms with Gasteiger partial charge < -0.3 is 10.1 Å². The van der Waals surface area contributed by atoms with Gasteiger partial charge in [-0.25, -0.2) is 0 Å². The average Bonchev–Trinajstić information content (AvgIpc) is 3.08. The van der Waals surface area contributed by atoms with Crippen molar-refractivity contribution in [3.8, 4) is 0 Å². The summed E-state index contributed by atoms with van der Waals surface area (Å²) < 4.78 is 5.08. The summed E-state index contributed by atoms with van der Waals surface area (Å²) in [5.74, 6) is -2.69. The minimum atomic E-state index is -0.751. The van der Waals surface area contributed by atoms with Crippen LogP contribution in [0, 0.1) is 26.7 Å². The number of hydrazine groups is 1. The van der Waals surface area contributed by atoms with E-state index < -0.39 is 30.3 Å². The number of carbonyl (C=O) groups excluding carboxylic acids is 4. The van der Waals surface area contributed by atoms with E-state index >= 15 is 0 Å². The lowest BCUT2D eigenvalue weighted by molar-refractivity contribution is -0.151. The molecule has 2 aromatic rings. The molecule has 2 N–H and O–H groups in total. The summed E-state index contributed by atoms with van der Waals surface area (Å²) in [4.78, 5) is 48.9. The molecule has 1 heterocycles. The zero-order valence-corrected chi connectivity index (χ0v) is 17.7. The van der Waals surface area contributed by atoms with Crippen molar-refractivity contribution in [2.24, 2.45) is 5.92 Å². The van der Waals surface area contributed by atoms with E-state index in [-0.39, 0.29) is 18.9 Å². The Kier molecular flexibility index (Phi) is 6.69. The lowest BCUT2D eigenvalue weighted by Gasteiger charge is -2.17. The first-order chi connectivity index (χ1) is 14.7. The number of hydrogen-bond acceptors (Lipinski definition) is 5. The number of rotatable bonds is 6. The predicted octanol–water partition coefficient (Wildman–Crippen LogP) is 2.29. The minimum absolute atomic E-state index is 0.00604. The maximum atomic E-state index is 12.3. The van der Waals surface area contributed by atoms with Crippen molar-refractivity contribution in [2.45, 2.75) is 27.2 Å². The highest BCUT2D eigenvalue weighted by Gasteiger charge is 2.36. The number of nitrogens with zero attached hydrogens (tertiary/aromatic N) is 1. The van der Waals surface area contributed by atoms with Crippen molar-refractivity contribution in [1.29, 1.82) is 0 Å². The van der Waals surface area contributed by atoms with Crippen LogP contribution < -0.4 is 10.7 Å². The van der Waals surface area contributed by atoms with Crippen molar-refractivity contribution in [1.82, 2.24) is 10.4 Å². The zero-order chi connectivity index (χ0) is 22.5. The number of hydrogen-bond donors (Lipinski definition) is 2. The molecule has 0 spiro atoms. The van der Waals surface area contributed by atoms with Crippen LogP contribution in [-0.2, 0) is 19.1 Å². The second-order valence-electron chi connectivity index (χ2n) is 7.69. The summed E-state index contributed by atoms with van der Waals surface area (Å²) in [5.41, 5.74) is 6.48. The highest BCUT2D eigenvalue weighted by Crippen LogP contribution is 2.19. The maximum Gasteiger partial charge on any atom is 0.311 e. The van der Waals surface area contributed by atoms with Gasteiger partial charge in [0.25, 0.3) is 11.8 Å². The van der Waals surface area contributed by atoms with Crippen molar-refractivity contribution in [3.63, 3.8) is 0 Å². The van der Waals surface area contributed by atoms with Gasteiger partial charge in [-0.15, -0.1) is 0 Å². The third-order valence-corrected chi connectivity index (χ3v) is 4.98. The maximum absolute atomic E-state index is 12.3. The van der Waals surface area contributed by atoms with Gasteiger partial charge in [-0.3, -0.25) is 29.6 Å². The van der Waals surface area contributed by atoms with Gasteiger partial charge in [-0.2, -0.15) is 0 Å². The van der Waals surface area contributed by atoms with E-state index in [9.17, 15) is 19.2 Å². The van der Waals surface area contributed by atoms with Crippen molar-refractivity contribution >= 4 is 29.4 Å². The standard InChI is InChI=1S/C23H25N3O5/c1-14-5-4-6-17(10-14)22(29)25-26-12-18(11-21(26)28)23(30)31-13-20(27)24-19-8-7-15(2)9-16(19)3/h4-10,18H,11-13H2,1-3H3,(H,24,27)(H,25,29)/t18-/m1/s1. The molecule has 1 atom stereocenters. The number of amides is 3. The molecule has 8 heteroatoms. The molecule has 31 heavy (non-hydrogen) atoms. The lowest BCUT2D eigenvalue weighted by Crippen LogP contribution is -2.43. The third-order valence-electron chi connectivity index (χ3n) is 4.98. The molecule has 0 bridgehead atoms. The van der Waals surface area contributed by atoms with Crippen LogP contribution in [0.15, 0.2) is 42.5 Å². The summed E-state index contributed by atoms with van der Waals surface area (Å²) in [7, 11) is 0. The zero-order valence-electron chi connectivity index (χ0n) is 17.7. The van der Waals surface area contributed by atoms with Crippen LogP contribution in [0.1, 0.15) is 33.5 Å². The summed E-state index contributed by atoms with van der Waals surface area (Å²) in [6, 6.07) is 12.6. The Morgan fingerprint density at radius 1 is 1.06 bits per heavy atom. The van der Waals surface area contributed by atoms with Gasteiger partial charge in [0, 0.05) is 17.7 Å². The average molecular weight is 423 g/mol. The fourth-order valence-corrected chi connectivity index (χ4v) is 3.34. The molecule has 0 radical (unpaired) electrons. The van der Waals surface area contributed by atoms with E-state index in [2.05, 4.69) is 10.7 Å². The van der Waals surface area contributed by atoms with Crippen LogP contribution in [0.2, 0.25) is 0 Å². The highest BCUT2D eigenvalue weighted by molar-refractivity contribution is 5.97. The monoisotopic (exact) mass is 423 g/mol. The van der Waals surface area contributed by atoms with Crippen molar-refractivity contribution in [3.05, 3.63) is 64.7 Å². The second kappa shape index (κ2) is 9.42. The van der Waals surface area contributed by atoms with Gasteiger partial charge in [0.15, 0.2) is 6.61 Å². The van der Waals surface area contributed by atoms with Gasteiger partial charge in [0.2, 0.25) is 5.91 Å². The number of benzene rings is 2. The lowest BCUT2D eigenvalue weighted by atomic mass is 10.1. The minimum Gasteiger partial charge on any atom is -0.455 e. The largest absolute Gasteiger partial charge is 0.455 e. The summed E-state index contributed by atoms with van der Waals surface area (Å²) in [5, 5.41) is 3.82. The number of anilines is 1. The SMILES string of the molecule is Cc1cccc(C(=O)NN2C[C@H](C(=O)OCC(=O)Nc3ccc(C)cc3C)CC2=O)c1. The fraction of sp³-hybridized carbons (Fsp3) is 0.304. The Balaban J connectivity index is 1.49. The highest BCUT2D eigenvalue weighted by atomic mass is 16.5. The van der Waals surface area contributed by atoms with Gasteiger partial charge in [-0.1, -0.05) is 35.4 Å². The summed E-state index contributed by atoms with van der Waals surface area (Å²) >= 11 is 0. The first-order valence-electron chi connectivity index (χ1n) is 9.94. The van der Waals surface area contributed by atoms with E-state index in [1.165, 1.54) is 0 Å². The fourth-order valence-electron chi connectivity index (χ4n) is 3.34. The molecule has 2 aromatic carbocycles. The summed E-state index contributed by atoms with van der Waals surface area (Å²) in [6.45, 7) is 5.23. The topological polar surface area (TPSA) is 105 Å². The molecule has 1 saturated heterocycles. The van der Waals surface area contributed by atoms with Gasteiger partial charge in [-0.05, 0) is 44.5 Å². The molecule has 0 unspecified atom stereocenters. The molecule has 0 aliphatic carbocycles. The van der Waals surface area contributed by atoms with Crippen molar-refractivity contribution < 1.29 is 23.9 Å². The van der Waals surface area contributed by atoms with Crippen molar-refractivity contribution in [2.75, 3.05) is 18.5 Å². The van der Waals surface area contributed by atoms with Crippen LogP contribution in [0.3, 0.4) is 0 Å². The Morgan fingerprint density at radius 3 is 2.52 bits per heavy atom. The second-order valence-corrected chi connectivity index (χ2v) is 7.69. The van der Waals surface area contributed by atoms with E-state index in [1.54, 1.807) is 24.3 Å². The number of esters is 1. The molecule has 0 saturated carbocycles. The third kappa shape index (κ3) is 5.69. The van der Waals surface area contributed by atoms with Crippen LogP contribution in [0.25, 0.3) is 0 Å². The molecule has 3 amide bonds. The first kappa shape index (κ1) is 22.0. The number of carbonyl (C=O) groups is 4. The normalized spacial score (nSPS) is 15.5. The van der Waals surface area contributed by atoms with E-state index in [0.717, 1.165) is 21.7 Å². The Bertz CT molecular complexity index is 1030. The van der Waals surface area contributed by atoms with Gasteiger partial charge >= 0.3 is 5.97 Å². The molecule has 0 aromatic heterocycles. The predicted molar refractivity (Wildman–Crippen MR) is 114 cm³/mol. The van der Waals surface area contributed by atoms with Gasteiger partial charge in [0.1, 0.15) is 0 Å². The van der Waals surface area contributed by atoms with E-state index in [4.69, 9.17) is 4.74 Å². The molecule has 1 aliphatic heterocycles. The molecular formula is C23H25N3O5. The number of aryl methyl sites for hydroxylation is 3. The molecule has 1 aliphatic rings. The van der Waals surface area contributed by atoms with Gasteiger partial charge in [0.05, 0.1) is 12.5 Å². The first-order valence-corrected chi connectivity index (χ1v) is 9.94.